The zero-order valence-corrected chi connectivity index (χ0v) is 11.4. The van der Waals surface area contributed by atoms with Crippen LogP contribution >= 0.6 is 11.6 Å². The zero-order valence-electron chi connectivity index (χ0n) is 10.6. The minimum absolute atomic E-state index is 0.0355. The van der Waals surface area contributed by atoms with Crippen molar-refractivity contribution < 1.29 is 18.3 Å². The van der Waals surface area contributed by atoms with E-state index in [9.17, 15) is 13.6 Å². The van der Waals surface area contributed by atoms with Crippen LogP contribution < -0.4 is 4.90 Å². The Balaban J connectivity index is 3.15. The maximum atomic E-state index is 13.0. The Bertz CT molecular complexity index is 470. The van der Waals surface area contributed by atoms with E-state index in [2.05, 4.69) is 4.74 Å². The van der Waals surface area contributed by atoms with E-state index in [0.29, 0.717) is 10.7 Å². The quantitative estimate of drug-likeness (QED) is 0.609. The number of hydrogen-bond acceptors (Lipinski definition) is 3. The number of esters is 1. The summed E-state index contributed by atoms with van der Waals surface area (Å²) in [6.07, 6.45) is -2.07. The Hall–Kier alpha value is -1.62. The van der Waals surface area contributed by atoms with Gasteiger partial charge in [0.25, 0.3) is 0 Å². The van der Waals surface area contributed by atoms with Crippen molar-refractivity contribution in [2.75, 3.05) is 18.1 Å². The molecule has 0 radical (unpaired) electrons. The molecule has 19 heavy (non-hydrogen) atoms. The van der Waals surface area contributed by atoms with E-state index in [1.165, 1.54) is 4.90 Å². The highest BCUT2D eigenvalue weighted by atomic mass is 35.5. The SMILES string of the molecule is CCOC(=O)C(=C(F)F)N(CC)c1ccc(Cl)cc1. The molecular formula is C13H14ClF2NO2. The molecule has 0 aliphatic rings. The van der Waals surface area contributed by atoms with Gasteiger partial charge in [-0.2, -0.15) is 8.78 Å². The molecule has 0 saturated carbocycles. The number of benzene rings is 1. The number of carbonyl (C=O) groups excluding carboxylic acids is 1. The largest absolute Gasteiger partial charge is 0.461 e. The molecule has 1 aromatic carbocycles. The van der Waals surface area contributed by atoms with Gasteiger partial charge in [-0.1, -0.05) is 11.6 Å². The molecule has 0 aliphatic heterocycles. The van der Waals surface area contributed by atoms with Crippen molar-refractivity contribution in [2.24, 2.45) is 0 Å². The van der Waals surface area contributed by atoms with Gasteiger partial charge in [0.05, 0.1) is 6.61 Å². The lowest BCUT2D eigenvalue weighted by Crippen LogP contribution is -2.29. The van der Waals surface area contributed by atoms with Crippen molar-refractivity contribution in [3.05, 3.63) is 41.1 Å². The second-order valence-corrected chi connectivity index (χ2v) is 3.99. The van der Waals surface area contributed by atoms with Crippen molar-refractivity contribution in [2.45, 2.75) is 13.8 Å². The number of carbonyl (C=O) groups is 1. The molecular weight excluding hydrogens is 276 g/mol. The molecule has 0 aromatic heterocycles. The highest BCUT2D eigenvalue weighted by Crippen LogP contribution is 2.25. The standard InChI is InChI=1S/C13H14ClF2NO2/c1-3-17(10-7-5-9(14)6-8-10)11(12(15)16)13(18)19-4-2/h5-8H,3-4H2,1-2H3. The predicted octanol–water partition coefficient (Wildman–Crippen LogP) is 3.84. The summed E-state index contributed by atoms with van der Waals surface area (Å²) in [5.41, 5.74) is -0.297. The first-order valence-electron chi connectivity index (χ1n) is 5.76. The van der Waals surface area contributed by atoms with Crippen LogP contribution in [0.5, 0.6) is 0 Å². The lowest BCUT2D eigenvalue weighted by molar-refractivity contribution is -0.138. The summed E-state index contributed by atoms with van der Waals surface area (Å²) in [5, 5.41) is 0.488. The predicted molar refractivity (Wildman–Crippen MR) is 70.3 cm³/mol. The van der Waals surface area contributed by atoms with Gasteiger partial charge in [-0.05, 0) is 38.1 Å². The van der Waals surface area contributed by atoms with Gasteiger partial charge in [0.15, 0.2) is 5.70 Å². The average molecular weight is 290 g/mol. The molecule has 0 saturated heterocycles. The van der Waals surface area contributed by atoms with E-state index in [1.807, 2.05) is 0 Å². The number of ether oxygens (including phenoxy) is 1. The Kier molecular flexibility index (Phi) is 5.76. The molecule has 0 fully saturated rings. The van der Waals surface area contributed by atoms with Gasteiger partial charge in [0.1, 0.15) is 0 Å². The molecule has 0 heterocycles. The minimum Gasteiger partial charge on any atom is -0.461 e. The summed E-state index contributed by atoms with van der Waals surface area (Å²) in [6.45, 7) is 3.46. The second-order valence-electron chi connectivity index (χ2n) is 3.55. The van der Waals surface area contributed by atoms with Crippen molar-refractivity contribution >= 4 is 23.3 Å². The smallest absolute Gasteiger partial charge is 0.360 e. The molecule has 0 aliphatic carbocycles. The molecule has 0 N–H and O–H groups in total. The fourth-order valence-corrected chi connectivity index (χ4v) is 1.71. The normalized spacial score (nSPS) is 9.95. The summed E-state index contributed by atoms with van der Waals surface area (Å²) >= 11 is 5.74. The summed E-state index contributed by atoms with van der Waals surface area (Å²) in [6, 6.07) is 6.26. The maximum absolute atomic E-state index is 13.0. The van der Waals surface area contributed by atoms with Gasteiger partial charge in [-0.3, -0.25) is 0 Å². The van der Waals surface area contributed by atoms with Crippen LogP contribution in [-0.4, -0.2) is 19.1 Å². The summed E-state index contributed by atoms with van der Waals surface area (Å²) < 4.78 is 30.6. The van der Waals surface area contributed by atoms with E-state index < -0.39 is 17.7 Å². The number of likely N-dealkylation sites (N-methyl/N-ethyl adjacent to an activating group) is 1. The number of halogens is 3. The van der Waals surface area contributed by atoms with Crippen LogP contribution in [-0.2, 0) is 9.53 Å². The monoisotopic (exact) mass is 289 g/mol. The van der Waals surface area contributed by atoms with E-state index >= 15 is 0 Å². The number of hydrogen-bond donors (Lipinski definition) is 0. The van der Waals surface area contributed by atoms with Crippen LogP contribution in [0.1, 0.15) is 13.8 Å². The number of rotatable bonds is 5. The van der Waals surface area contributed by atoms with Crippen molar-refractivity contribution in [1.82, 2.24) is 0 Å². The first-order valence-corrected chi connectivity index (χ1v) is 6.14. The van der Waals surface area contributed by atoms with Crippen molar-refractivity contribution in [3.8, 4) is 0 Å². The molecule has 1 rings (SSSR count). The molecule has 0 bridgehead atoms. The molecule has 0 atom stereocenters. The third kappa shape index (κ3) is 3.92. The van der Waals surface area contributed by atoms with Gasteiger partial charge < -0.3 is 9.64 Å². The Labute approximate surface area is 115 Å². The zero-order chi connectivity index (χ0) is 14.4. The van der Waals surface area contributed by atoms with Gasteiger partial charge >= 0.3 is 12.0 Å². The fourth-order valence-electron chi connectivity index (χ4n) is 1.58. The topological polar surface area (TPSA) is 29.5 Å². The van der Waals surface area contributed by atoms with Crippen molar-refractivity contribution in [1.29, 1.82) is 0 Å². The lowest BCUT2D eigenvalue weighted by atomic mass is 10.2. The van der Waals surface area contributed by atoms with Crippen molar-refractivity contribution in [3.63, 3.8) is 0 Å². The maximum Gasteiger partial charge on any atom is 0.360 e. The fraction of sp³-hybridized carbons (Fsp3) is 0.308. The molecule has 0 amide bonds. The lowest BCUT2D eigenvalue weighted by Gasteiger charge is -2.23. The number of anilines is 1. The van der Waals surface area contributed by atoms with Crippen LogP contribution in [0.3, 0.4) is 0 Å². The molecule has 0 unspecified atom stereocenters. The van der Waals surface area contributed by atoms with E-state index in [4.69, 9.17) is 11.6 Å². The van der Waals surface area contributed by atoms with Crippen LogP contribution in [0, 0.1) is 0 Å². The highest BCUT2D eigenvalue weighted by molar-refractivity contribution is 6.30. The van der Waals surface area contributed by atoms with Gasteiger partial charge in [-0.25, -0.2) is 4.79 Å². The van der Waals surface area contributed by atoms with E-state index in [0.717, 1.165) is 0 Å². The van der Waals surface area contributed by atoms with E-state index in [1.54, 1.807) is 38.1 Å². The first kappa shape index (κ1) is 15.4. The summed E-state index contributed by atoms with van der Waals surface area (Å²) in [4.78, 5) is 12.8. The van der Waals surface area contributed by atoms with E-state index in [-0.39, 0.29) is 13.2 Å². The minimum atomic E-state index is -2.07. The third-order valence-corrected chi connectivity index (χ3v) is 2.62. The molecule has 6 heteroatoms. The van der Waals surface area contributed by atoms with Crippen LogP contribution in [0.25, 0.3) is 0 Å². The summed E-state index contributed by atoms with van der Waals surface area (Å²) in [5.74, 6) is -1.04. The van der Waals surface area contributed by atoms with Gasteiger partial charge in [0, 0.05) is 17.3 Å². The molecule has 1 aromatic rings. The average Bonchev–Trinajstić information content (AvgIpc) is 2.36. The Morgan fingerprint density at radius 2 is 1.84 bits per heavy atom. The van der Waals surface area contributed by atoms with Gasteiger partial charge in [0.2, 0.25) is 0 Å². The number of nitrogens with zero attached hydrogens (tertiary/aromatic N) is 1. The summed E-state index contributed by atoms with van der Waals surface area (Å²) in [7, 11) is 0. The third-order valence-electron chi connectivity index (χ3n) is 2.37. The molecule has 3 nitrogen and oxygen atoms in total. The molecule has 0 spiro atoms. The van der Waals surface area contributed by atoms with Crippen LogP contribution in [0.4, 0.5) is 14.5 Å². The van der Waals surface area contributed by atoms with Crippen LogP contribution in [0.15, 0.2) is 36.0 Å². The Morgan fingerprint density at radius 1 is 1.26 bits per heavy atom. The highest BCUT2D eigenvalue weighted by Gasteiger charge is 2.24. The second kappa shape index (κ2) is 7.09. The van der Waals surface area contributed by atoms with Gasteiger partial charge in [-0.15, -0.1) is 0 Å². The molecule has 104 valence electrons. The first-order chi connectivity index (χ1) is 9.01. The van der Waals surface area contributed by atoms with Crippen LogP contribution in [0.2, 0.25) is 5.02 Å². The Morgan fingerprint density at radius 3 is 2.26 bits per heavy atom.